The Balaban J connectivity index is -0.000000152. The third-order valence-electron chi connectivity index (χ3n) is 3.40. The molecule has 0 aromatic heterocycles. The number of hydrogen-bond acceptors (Lipinski definition) is 3. The van der Waals surface area contributed by atoms with Crippen LogP contribution in [0.25, 0.3) is 0 Å². The minimum atomic E-state index is 0. The van der Waals surface area contributed by atoms with Crippen molar-refractivity contribution in [1.29, 1.82) is 0 Å². The molecule has 28 heavy (non-hydrogen) atoms. The molecule has 0 saturated heterocycles. The van der Waals surface area contributed by atoms with Crippen molar-refractivity contribution in [2.45, 2.75) is 62.3 Å². The van der Waals surface area contributed by atoms with Crippen LogP contribution in [0.5, 0.6) is 0 Å². The second-order valence-electron chi connectivity index (χ2n) is 5.24. The molecule has 0 heterocycles. The molecular formula is C21H45N6Sc. The van der Waals surface area contributed by atoms with Gasteiger partial charge in [0.1, 0.15) is 0 Å². The second-order valence-corrected chi connectivity index (χ2v) is 5.24. The van der Waals surface area contributed by atoms with Crippen LogP contribution in [0.1, 0.15) is 62.3 Å². The van der Waals surface area contributed by atoms with Gasteiger partial charge in [-0.25, -0.2) is 0 Å². The molecule has 6 nitrogen and oxygen atoms in total. The minimum absolute atomic E-state index is 0. The van der Waals surface area contributed by atoms with Gasteiger partial charge in [-0.15, -0.1) is 0 Å². The van der Waals surface area contributed by atoms with Gasteiger partial charge in [-0.1, -0.05) is 41.5 Å². The Morgan fingerprint density at radius 3 is 0.714 bits per heavy atom. The molecule has 7 heteroatoms. The smallest absolute Gasteiger partial charge is 0.538 e. The van der Waals surface area contributed by atoms with E-state index in [1.165, 1.54) is 0 Å². The SMILES string of the molecule is CCN=[C-]N(CC)CC.CCN=[C-]N(CC)CC.CCN=[C-]N(CC)CC.[Sc+3]. The maximum atomic E-state index is 3.99. The fourth-order valence-electron chi connectivity index (χ4n) is 1.61. The molecular weight excluding hydrogens is 381 g/mol. The van der Waals surface area contributed by atoms with E-state index in [0.717, 1.165) is 58.9 Å². The van der Waals surface area contributed by atoms with E-state index in [9.17, 15) is 0 Å². The molecule has 0 aromatic carbocycles. The topological polar surface area (TPSA) is 46.8 Å². The minimum Gasteiger partial charge on any atom is -0.538 e. The predicted molar refractivity (Wildman–Crippen MR) is 123 cm³/mol. The molecule has 0 aliphatic carbocycles. The zero-order valence-electron chi connectivity index (χ0n) is 20.1. The quantitative estimate of drug-likeness (QED) is 0.207. The van der Waals surface area contributed by atoms with E-state index >= 15 is 0 Å². The maximum absolute atomic E-state index is 3.99. The van der Waals surface area contributed by atoms with Crippen LogP contribution in [0.15, 0.2) is 15.0 Å². The Morgan fingerprint density at radius 2 is 0.607 bits per heavy atom. The normalized spacial score (nSPS) is 10.2. The van der Waals surface area contributed by atoms with Crippen LogP contribution in [0.2, 0.25) is 0 Å². The number of aliphatic imine (C=N–C) groups is 3. The van der Waals surface area contributed by atoms with Crippen LogP contribution < -0.4 is 0 Å². The standard InChI is InChI=1S/3C7H15N2.Sc/c3*1-4-8-7-9(5-2)6-3;/h3*4-6H2,1-3H3;/q3*-1;+3. The summed E-state index contributed by atoms with van der Waals surface area (Å²) in [6, 6.07) is 0. The van der Waals surface area contributed by atoms with Crippen molar-refractivity contribution in [3.63, 3.8) is 0 Å². The van der Waals surface area contributed by atoms with Crippen LogP contribution in [0.4, 0.5) is 0 Å². The van der Waals surface area contributed by atoms with Gasteiger partial charge in [0.05, 0.1) is 0 Å². The van der Waals surface area contributed by atoms with Crippen molar-refractivity contribution in [2.75, 3.05) is 58.9 Å². The van der Waals surface area contributed by atoms with E-state index in [4.69, 9.17) is 0 Å². The van der Waals surface area contributed by atoms with Crippen LogP contribution >= 0.6 is 0 Å². The fourth-order valence-corrected chi connectivity index (χ4v) is 1.61. The van der Waals surface area contributed by atoms with Crippen molar-refractivity contribution >= 4 is 19.0 Å². The van der Waals surface area contributed by atoms with Crippen molar-refractivity contribution in [3.8, 4) is 0 Å². The van der Waals surface area contributed by atoms with Gasteiger partial charge in [-0.3, -0.25) is 19.0 Å². The molecule has 0 bridgehead atoms. The average molecular weight is 427 g/mol. The van der Waals surface area contributed by atoms with Gasteiger partial charge >= 0.3 is 25.8 Å². The first kappa shape index (κ1) is 34.8. The summed E-state index contributed by atoms with van der Waals surface area (Å²) in [5.41, 5.74) is 0. The summed E-state index contributed by atoms with van der Waals surface area (Å²) in [4.78, 5) is 18.1. The first-order valence-electron chi connectivity index (χ1n) is 10.6. The third kappa shape index (κ3) is 27.5. The summed E-state index contributed by atoms with van der Waals surface area (Å²) in [6.45, 7) is 27.1. The molecule has 0 spiro atoms. The van der Waals surface area contributed by atoms with Gasteiger partial charge in [-0.2, -0.15) is 0 Å². The zero-order chi connectivity index (χ0) is 21.3. The molecule has 0 aliphatic heterocycles. The van der Waals surface area contributed by atoms with Crippen LogP contribution in [-0.2, 0) is 25.8 Å². The summed E-state index contributed by atoms with van der Waals surface area (Å²) in [6.07, 6.45) is 8.78. The first-order valence-corrected chi connectivity index (χ1v) is 10.6. The summed E-state index contributed by atoms with van der Waals surface area (Å²) in [5.74, 6) is 0. The van der Waals surface area contributed by atoms with Crippen LogP contribution in [0.3, 0.4) is 0 Å². The van der Waals surface area contributed by atoms with Gasteiger partial charge < -0.3 is 29.7 Å². The molecule has 0 radical (unpaired) electrons. The summed E-state index contributed by atoms with van der Waals surface area (Å²) in [5, 5.41) is 0. The Hall–Kier alpha value is -0.720. The first-order chi connectivity index (χ1) is 13.0. The summed E-state index contributed by atoms with van der Waals surface area (Å²) < 4.78 is 0. The van der Waals surface area contributed by atoms with Crippen LogP contribution in [0, 0.1) is 0 Å². The Kier molecular flexibility index (Phi) is 38.5. The van der Waals surface area contributed by atoms with Gasteiger partial charge in [0.25, 0.3) is 0 Å². The molecule has 162 valence electrons. The average Bonchev–Trinajstić information content (AvgIpc) is 2.71. The molecule has 0 saturated carbocycles. The molecule has 0 aromatic rings. The largest absolute Gasteiger partial charge is 3.00 e. The number of nitrogens with zero attached hydrogens (tertiary/aromatic N) is 6. The third-order valence-corrected chi connectivity index (χ3v) is 3.40. The van der Waals surface area contributed by atoms with Gasteiger partial charge in [-0.05, 0) is 79.7 Å². The van der Waals surface area contributed by atoms with E-state index < -0.39 is 0 Å². The summed E-state index contributed by atoms with van der Waals surface area (Å²) in [7, 11) is 0. The number of hydrogen-bond donors (Lipinski definition) is 0. The summed E-state index contributed by atoms with van der Waals surface area (Å²) >= 11 is 0. The predicted octanol–water partition coefficient (Wildman–Crippen LogP) is 3.76. The molecule has 0 N–H and O–H groups in total. The molecule has 0 amide bonds. The molecule has 0 aliphatic rings. The van der Waals surface area contributed by atoms with E-state index in [1.54, 1.807) is 0 Å². The van der Waals surface area contributed by atoms with Crippen molar-refractivity contribution < 1.29 is 25.8 Å². The fraction of sp³-hybridized carbons (Fsp3) is 0.857. The Bertz CT molecular complexity index is 283. The zero-order valence-corrected chi connectivity index (χ0v) is 21.9. The van der Waals surface area contributed by atoms with Gasteiger partial charge in [0, 0.05) is 0 Å². The molecule has 0 atom stereocenters. The van der Waals surface area contributed by atoms with E-state index in [1.807, 2.05) is 35.5 Å². The maximum Gasteiger partial charge on any atom is 3.00 e. The molecule has 0 fully saturated rings. The Morgan fingerprint density at radius 1 is 0.429 bits per heavy atom. The Labute approximate surface area is 195 Å². The van der Waals surface area contributed by atoms with Crippen molar-refractivity contribution in [2.24, 2.45) is 15.0 Å². The van der Waals surface area contributed by atoms with E-state index in [2.05, 4.69) is 75.5 Å². The monoisotopic (exact) mass is 426 g/mol. The van der Waals surface area contributed by atoms with Crippen LogP contribution in [-0.4, -0.2) is 92.6 Å². The van der Waals surface area contributed by atoms with Gasteiger partial charge in [0.15, 0.2) is 0 Å². The van der Waals surface area contributed by atoms with Crippen molar-refractivity contribution in [1.82, 2.24) is 14.7 Å². The molecule has 0 rings (SSSR count). The van der Waals surface area contributed by atoms with Gasteiger partial charge in [0.2, 0.25) is 0 Å². The molecule has 0 unspecified atom stereocenters. The number of rotatable bonds is 12. The second kappa shape index (κ2) is 31.0. The van der Waals surface area contributed by atoms with E-state index in [0.29, 0.717) is 0 Å². The van der Waals surface area contributed by atoms with Crippen molar-refractivity contribution in [3.05, 3.63) is 0 Å². The van der Waals surface area contributed by atoms with E-state index in [-0.39, 0.29) is 25.8 Å².